The van der Waals surface area contributed by atoms with Crippen LogP contribution < -0.4 is 9.47 Å². The van der Waals surface area contributed by atoms with Crippen LogP contribution in [0.5, 0.6) is 11.5 Å². The van der Waals surface area contributed by atoms with E-state index in [9.17, 15) is 4.57 Å². The van der Waals surface area contributed by atoms with Crippen LogP contribution >= 0.6 is 7.60 Å². The van der Waals surface area contributed by atoms with Gasteiger partial charge in [0, 0.05) is 5.56 Å². The lowest BCUT2D eigenvalue weighted by molar-refractivity contribution is 0.219. The van der Waals surface area contributed by atoms with Gasteiger partial charge in [-0.3, -0.25) is 4.57 Å². The van der Waals surface area contributed by atoms with Crippen LogP contribution in [0.1, 0.15) is 56.6 Å². The van der Waals surface area contributed by atoms with Gasteiger partial charge in [-0.25, -0.2) is 0 Å². The quantitative estimate of drug-likeness (QED) is 0.574. The summed E-state index contributed by atoms with van der Waals surface area (Å²) in [5.41, 5.74) is 1.97. The van der Waals surface area contributed by atoms with Crippen molar-refractivity contribution in [3.63, 3.8) is 0 Å². The van der Waals surface area contributed by atoms with Crippen LogP contribution in [0, 0.1) is 0 Å². The second-order valence-corrected chi connectivity index (χ2v) is 8.05. The highest BCUT2D eigenvalue weighted by Crippen LogP contribution is 2.53. The Balaban J connectivity index is 2.36. The molecule has 0 aliphatic heterocycles. The van der Waals surface area contributed by atoms with Crippen molar-refractivity contribution in [2.24, 2.45) is 0 Å². The summed E-state index contributed by atoms with van der Waals surface area (Å²) in [7, 11) is 0.183. The molecule has 0 N–H and O–H groups in total. The lowest BCUT2D eigenvalue weighted by atomic mass is 9.94. The number of benzene rings is 1. The summed E-state index contributed by atoms with van der Waals surface area (Å²) in [5, 5.41) is 0. The molecule has 0 bridgehead atoms. The third-order valence-electron chi connectivity index (χ3n) is 4.39. The van der Waals surface area contributed by atoms with Crippen LogP contribution in [0.2, 0.25) is 0 Å². The number of methoxy groups -OCH3 is 2. The zero-order valence-corrected chi connectivity index (χ0v) is 16.1. The summed E-state index contributed by atoms with van der Waals surface area (Å²) in [6.07, 6.45) is 5.00. The van der Waals surface area contributed by atoms with E-state index in [1.807, 2.05) is 26.0 Å². The molecular weight excluding hydrogens is 327 g/mol. The lowest BCUT2D eigenvalue weighted by Gasteiger charge is -2.21. The summed E-state index contributed by atoms with van der Waals surface area (Å²) in [6.45, 7) is 4.34. The van der Waals surface area contributed by atoms with Crippen LogP contribution in [0.4, 0.5) is 0 Å². The molecule has 5 nitrogen and oxygen atoms in total. The SMILES string of the molecule is CCOP(=O)(Cc1cc(OC)c(C2CCCC2)c(OC)c1)OCC. The molecule has 1 aliphatic rings. The molecule has 136 valence electrons. The number of hydrogen-bond donors (Lipinski definition) is 0. The first-order valence-electron chi connectivity index (χ1n) is 8.69. The molecule has 1 aliphatic carbocycles. The summed E-state index contributed by atoms with van der Waals surface area (Å²) in [4.78, 5) is 0. The standard InChI is InChI=1S/C18H29O5P/c1-5-22-24(19,23-6-2)13-14-11-16(20-3)18(17(12-14)21-4)15-9-7-8-10-15/h11-12,15H,5-10,13H2,1-4H3. The third-order valence-corrected chi connectivity index (χ3v) is 6.45. The van der Waals surface area contributed by atoms with Crippen LogP contribution in [-0.4, -0.2) is 27.4 Å². The van der Waals surface area contributed by atoms with E-state index in [1.54, 1.807) is 14.2 Å². The van der Waals surface area contributed by atoms with Gasteiger partial charge in [-0.2, -0.15) is 0 Å². The second-order valence-electron chi connectivity index (χ2n) is 6.00. The van der Waals surface area contributed by atoms with Gasteiger partial charge >= 0.3 is 7.60 Å². The second kappa shape index (κ2) is 8.89. The smallest absolute Gasteiger partial charge is 0.335 e. The fourth-order valence-corrected chi connectivity index (χ4v) is 5.12. The predicted octanol–water partition coefficient (Wildman–Crippen LogP) is 5.13. The molecule has 2 rings (SSSR count). The van der Waals surface area contributed by atoms with Crippen molar-refractivity contribution in [1.29, 1.82) is 0 Å². The minimum Gasteiger partial charge on any atom is -0.496 e. The molecule has 1 fully saturated rings. The van der Waals surface area contributed by atoms with Crippen molar-refractivity contribution in [2.75, 3.05) is 27.4 Å². The number of ether oxygens (including phenoxy) is 2. The minimum atomic E-state index is -3.15. The Morgan fingerprint density at radius 2 is 1.50 bits per heavy atom. The monoisotopic (exact) mass is 356 g/mol. The maximum Gasteiger partial charge on any atom is 0.335 e. The third kappa shape index (κ3) is 4.53. The molecule has 1 aromatic rings. The van der Waals surface area contributed by atoms with E-state index in [0.29, 0.717) is 19.1 Å². The van der Waals surface area contributed by atoms with Crippen molar-refractivity contribution in [3.8, 4) is 11.5 Å². The van der Waals surface area contributed by atoms with E-state index in [2.05, 4.69) is 0 Å². The van der Waals surface area contributed by atoms with Gasteiger partial charge in [0.05, 0.1) is 33.6 Å². The van der Waals surface area contributed by atoms with Crippen molar-refractivity contribution < 1.29 is 23.1 Å². The summed E-state index contributed by atoms with van der Waals surface area (Å²) >= 11 is 0. The van der Waals surface area contributed by atoms with Gasteiger partial charge in [0.25, 0.3) is 0 Å². The zero-order chi connectivity index (χ0) is 17.6. The zero-order valence-electron chi connectivity index (χ0n) is 15.2. The van der Waals surface area contributed by atoms with Crippen LogP contribution in [0.15, 0.2) is 12.1 Å². The van der Waals surface area contributed by atoms with Crippen molar-refractivity contribution in [2.45, 2.75) is 51.6 Å². The summed E-state index contributed by atoms with van der Waals surface area (Å²) < 4.78 is 34.9. The molecule has 6 heteroatoms. The maximum atomic E-state index is 12.8. The average molecular weight is 356 g/mol. The highest BCUT2D eigenvalue weighted by atomic mass is 31.2. The molecule has 0 aromatic heterocycles. The number of hydrogen-bond acceptors (Lipinski definition) is 5. The molecule has 0 amide bonds. The highest BCUT2D eigenvalue weighted by molar-refractivity contribution is 7.53. The molecule has 1 saturated carbocycles. The largest absolute Gasteiger partial charge is 0.496 e. The molecule has 0 atom stereocenters. The van der Waals surface area contributed by atoms with Gasteiger partial charge in [0.2, 0.25) is 0 Å². The Morgan fingerprint density at radius 1 is 1.00 bits per heavy atom. The molecule has 1 aromatic carbocycles. The van der Waals surface area contributed by atoms with Crippen molar-refractivity contribution in [3.05, 3.63) is 23.3 Å². The Labute approximate surface area is 145 Å². The Morgan fingerprint density at radius 3 is 1.92 bits per heavy atom. The van der Waals surface area contributed by atoms with Gasteiger partial charge in [0.15, 0.2) is 0 Å². The molecule has 0 unspecified atom stereocenters. The number of rotatable bonds is 9. The summed E-state index contributed by atoms with van der Waals surface area (Å²) in [6, 6.07) is 3.89. The Kier molecular flexibility index (Phi) is 7.15. The first-order valence-corrected chi connectivity index (χ1v) is 10.4. The van der Waals surface area contributed by atoms with Crippen LogP contribution in [0.3, 0.4) is 0 Å². The van der Waals surface area contributed by atoms with Crippen molar-refractivity contribution in [1.82, 2.24) is 0 Å². The van der Waals surface area contributed by atoms with Crippen molar-refractivity contribution >= 4 is 7.60 Å². The molecule has 24 heavy (non-hydrogen) atoms. The molecule has 0 radical (unpaired) electrons. The van der Waals surface area contributed by atoms with E-state index < -0.39 is 7.60 Å². The van der Waals surface area contributed by atoms with E-state index >= 15 is 0 Å². The molecule has 0 spiro atoms. The minimum absolute atomic E-state index is 0.215. The summed E-state index contributed by atoms with van der Waals surface area (Å²) in [5.74, 6) is 2.07. The highest BCUT2D eigenvalue weighted by Gasteiger charge is 2.28. The lowest BCUT2D eigenvalue weighted by Crippen LogP contribution is -2.04. The predicted molar refractivity (Wildman–Crippen MR) is 95.3 cm³/mol. The van der Waals surface area contributed by atoms with Crippen LogP contribution in [0.25, 0.3) is 0 Å². The van der Waals surface area contributed by atoms with E-state index in [1.165, 1.54) is 12.8 Å². The van der Waals surface area contributed by atoms with Crippen LogP contribution in [-0.2, 0) is 19.8 Å². The van der Waals surface area contributed by atoms with E-state index in [0.717, 1.165) is 35.5 Å². The normalized spacial score (nSPS) is 15.7. The topological polar surface area (TPSA) is 54.0 Å². The molecular formula is C18H29O5P. The maximum absolute atomic E-state index is 12.8. The first-order chi connectivity index (χ1) is 11.6. The molecule has 0 heterocycles. The van der Waals surface area contributed by atoms with Gasteiger partial charge < -0.3 is 18.5 Å². The van der Waals surface area contributed by atoms with E-state index in [-0.39, 0.29) is 6.16 Å². The fraction of sp³-hybridized carbons (Fsp3) is 0.667. The van der Waals surface area contributed by atoms with Gasteiger partial charge in [0.1, 0.15) is 11.5 Å². The Hall–Kier alpha value is -1.03. The van der Waals surface area contributed by atoms with Gasteiger partial charge in [-0.05, 0) is 50.3 Å². The average Bonchev–Trinajstić information content (AvgIpc) is 3.08. The molecule has 0 saturated heterocycles. The first kappa shape index (κ1) is 19.3. The fourth-order valence-electron chi connectivity index (χ4n) is 3.45. The Bertz CT molecular complexity index is 546. The van der Waals surface area contributed by atoms with Gasteiger partial charge in [-0.1, -0.05) is 12.8 Å². The van der Waals surface area contributed by atoms with E-state index in [4.69, 9.17) is 18.5 Å². The van der Waals surface area contributed by atoms with Gasteiger partial charge in [-0.15, -0.1) is 0 Å².